The summed E-state index contributed by atoms with van der Waals surface area (Å²) in [6, 6.07) is 10.7. The molecule has 2 aromatic rings. The summed E-state index contributed by atoms with van der Waals surface area (Å²) in [5.74, 6) is -0.516. The van der Waals surface area contributed by atoms with Crippen LogP contribution in [0.2, 0.25) is 5.02 Å². The SMILES string of the molecule is Cc1cc(C(=O)N2CCCC2C(=O)NC(C)c2cccc(Cl)c2)ccc1[N+](=O)[O-]. The van der Waals surface area contributed by atoms with Crippen LogP contribution in [0.1, 0.15) is 47.3 Å². The molecule has 1 aliphatic heterocycles. The number of hydrogen-bond acceptors (Lipinski definition) is 4. The summed E-state index contributed by atoms with van der Waals surface area (Å²) in [5.41, 5.74) is 1.60. The molecule has 0 saturated carbocycles. The van der Waals surface area contributed by atoms with Crippen LogP contribution in [0, 0.1) is 17.0 Å². The van der Waals surface area contributed by atoms with E-state index >= 15 is 0 Å². The minimum absolute atomic E-state index is 0.0346. The molecule has 29 heavy (non-hydrogen) atoms. The average molecular weight is 416 g/mol. The van der Waals surface area contributed by atoms with E-state index < -0.39 is 11.0 Å². The first-order valence-corrected chi connectivity index (χ1v) is 9.77. The van der Waals surface area contributed by atoms with Crippen LogP contribution in [-0.2, 0) is 4.79 Å². The van der Waals surface area contributed by atoms with E-state index in [1.54, 1.807) is 24.0 Å². The second-order valence-electron chi connectivity index (χ2n) is 7.20. The number of nitrogens with one attached hydrogen (secondary N) is 1. The van der Waals surface area contributed by atoms with Crippen molar-refractivity contribution < 1.29 is 14.5 Å². The maximum atomic E-state index is 13.0. The van der Waals surface area contributed by atoms with Crippen LogP contribution in [-0.4, -0.2) is 34.2 Å². The average Bonchev–Trinajstić information content (AvgIpc) is 3.17. The molecule has 2 amide bonds. The number of likely N-dealkylation sites (tertiary alicyclic amines) is 1. The van der Waals surface area contributed by atoms with Gasteiger partial charge in [-0.2, -0.15) is 0 Å². The summed E-state index contributed by atoms with van der Waals surface area (Å²) in [7, 11) is 0. The van der Waals surface area contributed by atoms with Gasteiger partial charge < -0.3 is 10.2 Å². The molecule has 0 spiro atoms. The van der Waals surface area contributed by atoms with E-state index in [9.17, 15) is 19.7 Å². The van der Waals surface area contributed by atoms with Crippen molar-refractivity contribution in [2.75, 3.05) is 6.54 Å². The van der Waals surface area contributed by atoms with Crippen LogP contribution in [0.25, 0.3) is 0 Å². The standard InChI is InChI=1S/C21H22ClN3O4/c1-13-11-16(8-9-18(13)25(28)29)21(27)24-10-4-7-19(24)20(26)23-14(2)15-5-3-6-17(22)12-15/h3,5-6,8-9,11-12,14,19H,4,7,10H2,1-2H3,(H,23,26). The first-order valence-electron chi connectivity index (χ1n) is 9.40. The summed E-state index contributed by atoms with van der Waals surface area (Å²) < 4.78 is 0. The van der Waals surface area contributed by atoms with Gasteiger partial charge in [-0.3, -0.25) is 19.7 Å². The second-order valence-corrected chi connectivity index (χ2v) is 7.64. The summed E-state index contributed by atoms with van der Waals surface area (Å²) in [4.78, 5) is 37.9. The van der Waals surface area contributed by atoms with E-state index in [2.05, 4.69) is 5.32 Å². The lowest BCUT2D eigenvalue weighted by molar-refractivity contribution is -0.385. The lowest BCUT2D eigenvalue weighted by Gasteiger charge is -2.26. The number of carbonyl (C=O) groups excluding carboxylic acids is 2. The molecule has 152 valence electrons. The summed E-state index contributed by atoms with van der Waals surface area (Å²) in [6.07, 6.45) is 1.30. The van der Waals surface area contributed by atoms with E-state index in [0.717, 1.165) is 12.0 Å². The minimum atomic E-state index is -0.570. The third-order valence-electron chi connectivity index (χ3n) is 5.16. The zero-order valence-corrected chi connectivity index (χ0v) is 17.0. The molecule has 1 N–H and O–H groups in total. The topological polar surface area (TPSA) is 92.6 Å². The predicted molar refractivity (Wildman–Crippen MR) is 110 cm³/mol. The summed E-state index contributed by atoms with van der Waals surface area (Å²) in [5, 5.41) is 14.5. The van der Waals surface area contributed by atoms with Crippen LogP contribution in [0.15, 0.2) is 42.5 Å². The van der Waals surface area contributed by atoms with Gasteiger partial charge in [0, 0.05) is 28.8 Å². The van der Waals surface area contributed by atoms with Crippen LogP contribution in [0.4, 0.5) is 5.69 Å². The molecule has 2 unspecified atom stereocenters. The number of rotatable bonds is 5. The van der Waals surface area contributed by atoms with Gasteiger partial charge >= 0.3 is 0 Å². The Morgan fingerprint density at radius 3 is 2.69 bits per heavy atom. The molecule has 0 bridgehead atoms. The molecule has 1 heterocycles. The first kappa shape index (κ1) is 20.8. The van der Waals surface area contributed by atoms with Crippen LogP contribution in [0.3, 0.4) is 0 Å². The Morgan fingerprint density at radius 1 is 1.28 bits per heavy atom. The van der Waals surface area contributed by atoms with Crippen LogP contribution >= 0.6 is 11.6 Å². The molecule has 1 aliphatic rings. The smallest absolute Gasteiger partial charge is 0.272 e. The third kappa shape index (κ3) is 4.56. The van der Waals surface area contributed by atoms with E-state index in [0.29, 0.717) is 29.1 Å². The first-order chi connectivity index (χ1) is 13.8. The second kappa shape index (κ2) is 8.61. The molecule has 1 saturated heterocycles. The van der Waals surface area contributed by atoms with Crippen molar-refractivity contribution in [2.45, 2.75) is 38.8 Å². The fraction of sp³-hybridized carbons (Fsp3) is 0.333. The quantitative estimate of drug-likeness (QED) is 0.589. The van der Waals surface area contributed by atoms with Gasteiger partial charge in [-0.05, 0) is 56.5 Å². The molecule has 2 aromatic carbocycles. The van der Waals surface area contributed by atoms with Crippen molar-refractivity contribution in [1.29, 1.82) is 0 Å². The highest BCUT2D eigenvalue weighted by Gasteiger charge is 2.35. The maximum Gasteiger partial charge on any atom is 0.272 e. The number of hydrogen-bond donors (Lipinski definition) is 1. The number of nitrogens with zero attached hydrogens (tertiary/aromatic N) is 2. The summed E-state index contributed by atoms with van der Waals surface area (Å²) in [6.45, 7) is 3.93. The molecule has 2 atom stereocenters. The number of aryl methyl sites for hydroxylation is 1. The minimum Gasteiger partial charge on any atom is -0.348 e. The monoisotopic (exact) mass is 415 g/mol. The van der Waals surface area contributed by atoms with Crippen molar-refractivity contribution in [3.8, 4) is 0 Å². The van der Waals surface area contributed by atoms with Crippen LogP contribution < -0.4 is 5.32 Å². The molecule has 7 nitrogen and oxygen atoms in total. The van der Waals surface area contributed by atoms with E-state index in [-0.39, 0.29) is 23.5 Å². The predicted octanol–water partition coefficient (Wildman–Crippen LogP) is 4.04. The normalized spacial score (nSPS) is 17.1. The molecule has 1 fully saturated rings. The number of nitro benzene ring substituents is 1. The Balaban J connectivity index is 1.73. The number of benzene rings is 2. The van der Waals surface area contributed by atoms with Gasteiger partial charge in [0.15, 0.2) is 0 Å². The van der Waals surface area contributed by atoms with Crippen molar-refractivity contribution in [2.24, 2.45) is 0 Å². The summed E-state index contributed by atoms with van der Waals surface area (Å²) >= 11 is 6.02. The van der Waals surface area contributed by atoms with Gasteiger partial charge in [-0.1, -0.05) is 23.7 Å². The Kier molecular flexibility index (Phi) is 6.17. The van der Waals surface area contributed by atoms with Crippen LogP contribution in [0.5, 0.6) is 0 Å². The highest BCUT2D eigenvalue weighted by atomic mass is 35.5. The number of carbonyl (C=O) groups is 2. The van der Waals surface area contributed by atoms with Crippen molar-refractivity contribution in [3.63, 3.8) is 0 Å². The lowest BCUT2D eigenvalue weighted by atomic mass is 10.1. The Morgan fingerprint density at radius 2 is 2.03 bits per heavy atom. The van der Waals surface area contributed by atoms with E-state index in [1.165, 1.54) is 18.2 Å². The highest BCUT2D eigenvalue weighted by Crippen LogP contribution is 2.25. The van der Waals surface area contributed by atoms with E-state index in [4.69, 9.17) is 11.6 Å². The fourth-order valence-corrected chi connectivity index (χ4v) is 3.81. The highest BCUT2D eigenvalue weighted by molar-refractivity contribution is 6.30. The maximum absolute atomic E-state index is 13.0. The molecule has 8 heteroatoms. The Hall–Kier alpha value is -2.93. The third-order valence-corrected chi connectivity index (χ3v) is 5.40. The molecule has 0 aliphatic carbocycles. The molecular formula is C21H22ClN3O4. The van der Waals surface area contributed by atoms with Gasteiger partial charge in [0.05, 0.1) is 11.0 Å². The fourth-order valence-electron chi connectivity index (χ4n) is 3.61. The molecule has 0 radical (unpaired) electrons. The molecular weight excluding hydrogens is 394 g/mol. The van der Waals surface area contributed by atoms with Crippen molar-refractivity contribution >= 4 is 29.1 Å². The molecule has 3 rings (SSSR count). The van der Waals surface area contributed by atoms with Crippen molar-refractivity contribution in [3.05, 3.63) is 74.3 Å². The zero-order chi connectivity index (χ0) is 21.1. The van der Waals surface area contributed by atoms with Crippen molar-refractivity contribution in [1.82, 2.24) is 10.2 Å². The van der Waals surface area contributed by atoms with Gasteiger partial charge in [0.1, 0.15) is 6.04 Å². The Bertz CT molecular complexity index is 963. The Labute approximate surface area is 173 Å². The number of halogens is 1. The largest absolute Gasteiger partial charge is 0.348 e. The van der Waals surface area contributed by atoms with Gasteiger partial charge in [0.25, 0.3) is 11.6 Å². The number of nitro groups is 1. The lowest BCUT2D eigenvalue weighted by Crippen LogP contribution is -2.46. The van der Waals surface area contributed by atoms with Gasteiger partial charge in [-0.15, -0.1) is 0 Å². The van der Waals surface area contributed by atoms with Gasteiger partial charge in [-0.25, -0.2) is 0 Å². The number of amides is 2. The molecule has 0 aromatic heterocycles. The zero-order valence-electron chi connectivity index (χ0n) is 16.2. The van der Waals surface area contributed by atoms with E-state index in [1.807, 2.05) is 19.1 Å². The van der Waals surface area contributed by atoms with Gasteiger partial charge in [0.2, 0.25) is 5.91 Å².